The molecule has 120 valence electrons. The standard InChI is InChI=1S/C15H19FN2O3S/c1-10-9-22(20,21)7-6-18(10)15(19)17-14-5-3-11-2-4-12(16)8-13(11)14/h2,4,8,10,14H,3,5-7,9H2,1H3,(H,17,19)/t10-,14+/m1/s1. The van der Waals surface area contributed by atoms with Gasteiger partial charge in [-0.1, -0.05) is 6.07 Å². The van der Waals surface area contributed by atoms with Gasteiger partial charge in [0.15, 0.2) is 9.84 Å². The predicted molar refractivity (Wildman–Crippen MR) is 80.8 cm³/mol. The van der Waals surface area contributed by atoms with Gasteiger partial charge in [0.1, 0.15) is 5.82 Å². The van der Waals surface area contributed by atoms with Gasteiger partial charge >= 0.3 is 6.03 Å². The van der Waals surface area contributed by atoms with Crippen molar-refractivity contribution >= 4 is 15.9 Å². The molecule has 0 spiro atoms. The average molecular weight is 326 g/mol. The Morgan fingerprint density at radius 3 is 2.91 bits per heavy atom. The third kappa shape index (κ3) is 2.95. The van der Waals surface area contributed by atoms with Gasteiger partial charge in [0.25, 0.3) is 0 Å². The number of carbonyl (C=O) groups excluding carboxylic acids is 1. The zero-order valence-corrected chi connectivity index (χ0v) is 13.2. The predicted octanol–water partition coefficient (Wildman–Crippen LogP) is 1.64. The molecule has 7 heteroatoms. The molecule has 1 aromatic rings. The van der Waals surface area contributed by atoms with Crippen LogP contribution in [0.2, 0.25) is 0 Å². The fourth-order valence-electron chi connectivity index (χ4n) is 3.26. The summed E-state index contributed by atoms with van der Waals surface area (Å²) in [6, 6.07) is 3.84. The number of sulfone groups is 1. The second kappa shape index (κ2) is 5.53. The summed E-state index contributed by atoms with van der Waals surface area (Å²) in [5.74, 6) is -0.311. The Kier molecular flexibility index (Phi) is 3.84. The Morgan fingerprint density at radius 1 is 1.41 bits per heavy atom. The minimum absolute atomic E-state index is 0.000637. The number of carbonyl (C=O) groups is 1. The lowest BCUT2D eigenvalue weighted by Gasteiger charge is -2.34. The molecule has 1 aliphatic carbocycles. The molecule has 0 aromatic heterocycles. The average Bonchev–Trinajstić information content (AvgIpc) is 2.80. The molecule has 1 saturated heterocycles. The highest BCUT2D eigenvalue weighted by atomic mass is 32.2. The number of halogens is 1. The summed E-state index contributed by atoms with van der Waals surface area (Å²) in [5.41, 5.74) is 1.88. The molecule has 1 heterocycles. The molecule has 22 heavy (non-hydrogen) atoms. The van der Waals surface area contributed by atoms with Crippen molar-refractivity contribution in [1.29, 1.82) is 0 Å². The molecule has 0 radical (unpaired) electrons. The molecule has 1 fully saturated rings. The Hall–Kier alpha value is -1.63. The van der Waals surface area contributed by atoms with Gasteiger partial charge in [0.2, 0.25) is 0 Å². The number of amides is 2. The van der Waals surface area contributed by atoms with E-state index in [1.807, 2.05) is 0 Å². The highest BCUT2D eigenvalue weighted by Crippen LogP contribution is 2.31. The van der Waals surface area contributed by atoms with Crippen molar-refractivity contribution < 1.29 is 17.6 Å². The Balaban J connectivity index is 1.70. The SMILES string of the molecule is C[C@@H]1CS(=O)(=O)CCN1C(=O)N[C@H]1CCc2ccc(F)cc21. The van der Waals surface area contributed by atoms with E-state index in [9.17, 15) is 17.6 Å². The lowest BCUT2D eigenvalue weighted by molar-refractivity contribution is 0.181. The quantitative estimate of drug-likeness (QED) is 0.853. The van der Waals surface area contributed by atoms with Gasteiger partial charge in [0, 0.05) is 12.6 Å². The fourth-order valence-corrected chi connectivity index (χ4v) is 4.81. The van der Waals surface area contributed by atoms with E-state index < -0.39 is 9.84 Å². The highest BCUT2D eigenvalue weighted by molar-refractivity contribution is 7.91. The van der Waals surface area contributed by atoms with E-state index in [2.05, 4.69) is 5.32 Å². The number of hydrogen-bond acceptors (Lipinski definition) is 3. The van der Waals surface area contributed by atoms with Crippen LogP contribution in [0.5, 0.6) is 0 Å². The first-order valence-electron chi connectivity index (χ1n) is 7.41. The second-order valence-corrected chi connectivity index (χ2v) is 8.27. The molecule has 0 saturated carbocycles. The first-order chi connectivity index (χ1) is 10.4. The van der Waals surface area contributed by atoms with Crippen LogP contribution in [-0.2, 0) is 16.3 Å². The third-order valence-electron chi connectivity index (χ3n) is 4.41. The maximum atomic E-state index is 13.4. The molecule has 2 aliphatic rings. The molecule has 1 N–H and O–H groups in total. The van der Waals surface area contributed by atoms with Crippen LogP contribution in [0.25, 0.3) is 0 Å². The first kappa shape index (κ1) is 15.3. The van der Waals surface area contributed by atoms with Crippen LogP contribution in [-0.4, -0.2) is 43.4 Å². The number of fused-ring (bicyclic) bond motifs is 1. The molecular formula is C15H19FN2O3S. The van der Waals surface area contributed by atoms with E-state index in [1.165, 1.54) is 12.1 Å². The summed E-state index contributed by atoms with van der Waals surface area (Å²) in [6.45, 7) is 1.94. The van der Waals surface area contributed by atoms with Gasteiger partial charge in [-0.05, 0) is 43.0 Å². The van der Waals surface area contributed by atoms with E-state index in [1.54, 1.807) is 17.9 Å². The Morgan fingerprint density at radius 2 is 2.18 bits per heavy atom. The molecular weight excluding hydrogens is 307 g/mol. The van der Waals surface area contributed by atoms with E-state index >= 15 is 0 Å². The van der Waals surface area contributed by atoms with Crippen LogP contribution in [0.15, 0.2) is 18.2 Å². The maximum absolute atomic E-state index is 13.4. The van der Waals surface area contributed by atoms with Crippen LogP contribution in [0, 0.1) is 5.82 Å². The number of urea groups is 1. The van der Waals surface area contributed by atoms with Gasteiger partial charge in [-0.25, -0.2) is 17.6 Å². The van der Waals surface area contributed by atoms with Crippen LogP contribution in [0.3, 0.4) is 0 Å². The largest absolute Gasteiger partial charge is 0.331 e. The summed E-state index contributed by atoms with van der Waals surface area (Å²) in [5, 5.41) is 2.92. The van der Waals surface area contributed by atoms with E-state index in [0.717, 1.165) is 24.0 Å². The zero-order valence-electron chi connectivity index (χ0n) is 12.4. The van der Waals surface area contributed by atoms with Gasteiger partial charge in [0.05, 0.1) is 17.5 Å². The maximum Gasteiger partial charge on any atom is 0.318 e. The summed E-state index contributed by atoms with van der Waals surface area (Å²) in [6.07, 6.45) is 1.55. The summed E-state index contributed by atoms with van der Waals surface area (Å²) < 4.78 is 36.5. The van der Waals surface area contributed by atoms with Gasteiger partial charge in [-0.2, -0.15) is 0 Å². The summed E-state index contributed by atoms with van der Waals surface area (Å²) in [4.78, 5) is 14.0. The normalized spacial score (nSPS) is 26.5. The molecule has 3 rings (SSSR count). The van der Waals surface area contributed by atoms with Crippen LogP contribution in [0.4, 0.5) is 9.18 Å². The topological polar surface area (TPSA) is 66.5 Å². The number of aryl methyl sites for hydroxylation is 1. The smallest absolute Gasteiger partial charge is 0.318 e. The molecule has 1 aliphatic heterocycles. The highest BCUT2D eigenvalue weighted by Gasteiger charge is 2.33. The number of rotatable bonds is 1. The van der Waals surface area contributed by atoms with Crippen molar-refractivity contribution in [2.75, 3.05) is 18.1 Å². The molecule has 0 bridgehead atoms. The molecule has 2 amide bonds. The lowest BCUT2D eigenvalue weighted by atomic mass is 10.1. The monoisotopic (exact) mass is 326 g/mol. The van der Waals surface area contributed by atoms with Crippen molar-refractivity contribution in [3.05, 3.63) is 35.1 Å². The number of nitrogens with one attached hydrogen (secondary N) is 1. The lowest BCUT2D eigenvalue weighted by Crippen LogP contribution is -2.53. The Bertz CT molecular complexity index is 705. The van der Waals surface area contributed by atoms with Crippen molar-refractivity contribution in [3.8, 4) is 0 Å². The third-order valence-corrected chi connectivity index (χ3v) is 6.21. The molecule has 2 atom stereocenters. The van der Waals surface area contributed by atoms with Gasteiger partial charge < -0.3 is 10.2 Å². The van der Waals surface area contributed by atoms with Crippen molar-refractivity contribution in [3.63, 3.8) is 0 Å². The van der Waals surface area contributed by atoms with E-state index in [4.69, 9.17) is 0 Å². The zero-order chi connectivity index (χ0) is 15.9. The van der Waals surface area contributed by atoms with Crippen molar-refractivity contribution in [2.24, 2.45) is 0 Å². The number of hydrogen-bond donors (Lipinski definition) is 1. The minimum atomic E-state index is -3.05. The summed E-state index contributed by atoms with van der Waals surface area (Å²) >= 11 is 0. The van der Waals surface area contributed by atoms with Crippen LogP contribution in [0.1, 0.15) is 30.5 Å². The Labute approximate surface area is 129 Å². The van der Waals surface area contributed by atoms with Crippen molar-refractivity contribution in [2.45, 2.75) is 31.8 Å². The van der Waals surface area contributed by atoms with Crippen LogP contribution >= 0.6 is 0 Å². The van der Waals surface area contributed by atoms with E-state index in [-0.39, 0.29) is 42.0 Å². The summed E-state index contributed by atoms with van der Waals surface area (Å²) in [7, 11) is -3.05. The fraction of sp³-hybridized carbons (Fsp3) is 0.533. The van der Waals surface area contributed by atoms with E-state index in [0.29, 0.717) is 0 Å². The molecule has 0 unspecified atom stereocenters. The molecule has 1 aromatic carbocycles. The van der Waals surface area contributed by atoms with Gasteiger partial charge in [-0.15, -0.1) is 0 Å². The van der Waals surface area contributed by atoms with Gasteiger partial charge in [-0.3, -0.25) is 0 Å². The number of benzene rings is 1. The number of nitrogens with zero attached hydrogens (tertiary/aromatic N) is 1. The second-order valence-electron chi connectivity index (χ2n) is 6.04. The first-order valence-corrected chi connectivity index (χ1v) is 9.24. The van der Waals surface area contributed by atoms with Crippen LogP contribution < -0.4 is 5.32 Å². The molecule has 5 nitrogen and oxygen atoms in total. The minimum Gasteiger partial charge on any atom is -0.331 e. The van der Waals surface area contributed by atoms with Crippen molar-refractivity contribution in [1.82, 2.24) is 10.2 Å².